The lowest BCUT2D eigenvalue weighted by Gasteiger charge is -2.31. The Hall–Kier alpha value is -0.900. The van der Waals surface area contributed by atoms with Crippen LogP contribution in [0, 0.1) is 0 Å². The van der Waals surface area contributed by atoms with E-state index in [2.05, 4.69) is 0 Å². The first-order valence-corrected chi connectivity index (χ1v) is 4.80. The molecule has 0 amide bonds. The summed E-state index contributed by atoms with van der Waals surface area (Å²) in [6.07, 6.45) is -1.05. The van der Waals surface area contributed by atoms with Gasteiger partial charge in [-0.3, -0.25) is 0 Å². The molecule has 76 valence electrons. The van der Waals surface area contributed by atoms with Gasteiger partial charge < -0.3 is 14.9 Å². The maximum Gasteiger partial charge on any atom is 0.109 e. The molecular weight excluding hydrogens is 180 g/mol. The Kier molecular flexibility index (Phi) is 2.82. The second-order valence-electron chi connectivity index (χ2n) is 3.62. The minimum absolute atomic E-state index is 0.292. The van der Waals surface area contributed by atoms with Gasteiger partial charge in [-0.1, -0.05) is 30.3 Å². The fourth-order valence-electron chi connectivity index (χ4n) is 1.76. The summed E-state index contributed by atoms with van der Waals surface area (Å²) in [6.45, 7) is 0.302. The van der Waals surface area contributed by atoms with Gasteiger partial charge in [0.05, 0.1) is 18.8 Å². The van der Waals surface area contributed by atoms with Gasteiger partial charge in [0.2, 0.25) is 0 Å². The highest BCUT2D eigenvalue weighted by Crippen LogP contribution is 2.28. The molecule has 1 heterocycles. The molecular formula is C11H14O3. The molecule has 0 saturated carbocycles. The zero-order valence-electron chi connectivity index (χ0n) is 7.84. The Bertz CT molecular complexity index is 286. The maximum atomic E-state index is 9.71. The van der Waals surface area contributed by atoms with Crippen LogP contribution in [0.2, 0.25) is 0 Å². The molecule has 1 aromatic rings. The molecule has 0 spiro atoms. The van der Waals surface area contributed by atoms with Crippen LogP contribution in [0.25, 0.3) is 0 Å². The molecule has 3 nitrogen and oxygen atoms in total. The van der Waals surface area contributed by atoms with Crippen molar-refractivity contribution >= 4 is 0 Å². The smallest absolute Gasteiger partial charge is 0.109 e. The van der Waals surface area contributed by atoms with Gasteiger partial charge in [0, 0.05) is 6.42 Å². The molecule has 1 fully saturated rings. The molecule has 3 unspecified atom stereocenters. The van der Waals surface area contributed by atoms with E-state index in [1.54, 1.807) is 0 Å². The Morgan fingerprint density at radius 1 is 1.14 bits per heavy atom. The molecule has 0 aliphatic carbocycles. The highest BCUT2D eigenvalue weighted by atomic mass is 16.5. The number of benzene rings is 1. The third-order valence-electron chi connectivity index (χ3n) is 2.46. The van der Waals surface area contributed by atoms with Gasteiger partial charge in [-0.25, -0.2) is 0 Å². The Morgan fingerprint density at radius 3 is 2.50 bits per heavy atom. The minimum Gasteiger partial charge on any atom is -0.391 e. The number of hydrogen-bond acceptors (Lipinski definition) is 3. The lowest BCUT2D eigenvalue weighted by molar-refractivity contribution is -0.125. The first kappa shape index (κ1) is 9.65. The summed E-state index contributed by atoms with van der Waals surface area (Å²) >= 11 is 0. The second-order valence-corrected chi connectivity index (χ2v) is 3.62. The largest absolute Gasteiger partial charge is 0.391 e. The van der Waals surface area contributed by atoms with E-state index in [1.807, 2.05) is 30.3 Å². The molecule has 3 heteroatoms. The van der Waals surface area contributed by atoms with Crippen molar-refractivity contribution in [1.82, 2.24) is 0 Å². The molecule has 1 aliphatic heterocycles. The molecule has 2 rings (SSSR count). The van der Waals surface area contributed by atoms with Crippen LogP contribution in [-0.4, -0.2) is 29.0 Å². The van der Waals surface area contributed by atoms with Crippen molar-refractivity contribution in [3.63, 3.8) is 0 Å². The van der Waals surface area contributed by atoms with Crippen LogP contribution in [0.5, 0.6) is 0 Å². The molecule has 1 aromatic carbocycles. The van der Waals surface area contributed by atoms with Gasteiger partial charge in [-0.2, -0.15) is 0 Å². The van der Waals surface area contributed by atoms with Crippen molar-refractivity contribution < 1.29 is 14.9 Å². The number of hydrogen-bond donors (Lipinski definition) is 2. The Labute approximate surface area is 83.0 Å². The zero-order chi connectivity index (χ0) is 9.97. The van der Waals surface area contributed by atoms with Gasteiger partial charge in [0.25, 0.3) is 0 Å². The fraction of sp³-hybridized carbons (Fsp3) is 0.455. The predicted molar refractivity (Wildman–Crippen MR) is 51.8 cm³/mol. The van der Waals surface area contributed by atoms with E-state index >= 15 is 0 Å². The lowest BCUT2D eigenvalue weighted by atomic mass is 9.97. The van der Waals surface area contributed by atoms with Crippen LogP contribution >= 0.6 is 0 Å². The van der Waals surface area contributed by atoms with E-state index in [4.69, 9.17) is 4.74 Å². The number of aliphatic hydroxyl groups is 2. The van der Waals surface area contributed by atoms with Gasteiger partial charge >= 0.3 is 0 Å². The van der Waals surface area contributed by atoms with Crippen LogP contribution in [0.1, 0.15) is 18.1 Å². The average Bonchev–Trinajstić information content (AvgIpc) is 2.19. The molecule has 0 aromatic heterocycles. The van der Waals surface area contributed by atoms with Crippen molar-refractivity contribution in [3.05, 3.63) is 35.9 Å². The number of rotatable bonds is 1. The average molecular weight is 194 g/mol. The van der Waals surface area contributed by atoms with E-state index in [9.17, 15) is 10.2 Å². The fourth-order valence-corrected chi connectivity index (χ4v) is 1.76. The summed E-state index contributed by atoms with van der Waals surface area (Å²) in [6, 6.07) is 9.59. The van der Waals surface area contributed by atoms with Crippen LogP contribution in [0.3, 0.4) is 0 Å². The highest BCUT2D eigenvalue weighted by Gasteiger charge is 2.29. The van der Waals surface area contributed by atoms with Crippen molar-refractivity contribution in [2.75, 3.05) is 6.61 Å². The third kappa shape index (κ3) is 1.95. The Morgan fingerprint density at radius 2 is 1.86 bits per heavy atom. The summed E-state index contributed by atoms with van der Waals surface area (Å²) in [4.78, 5) is 0. The molecule has 2 N–H and O–H groups in total. The van der Waals surface area contributed by atoms with Crippen molar-refractivity contribution in [2.24, 2.45) is 0 Å². The molecule has 3 atom stereocenters. The molecule has 1 aliphatic rings. The quantitative estimate of drug-likeness (QED) is 0.697. The van der Waals surface area contributed by atoms with E-state index in [1.165, 1.54) is 0 Å². The van der Waals surface area contributed by atoms with Crippen LogP contribution in [-0.2, 0) is 4.74 Å². The minimum atomic E-state index is -0.610. The summed E-state index contributed by atoms with van der Waals surface area (Å²) < 4.78 is 5.39. The van der Waals surface area contributed by atoms with E-state index in [-0.39, 0.29) is 6.10 Å². The van der Waals surface area contributed by atoms with Crippen LogP contribution in [0.15, 0.2) is 30.3 Å². The molecule has 0 radical (unpaired) electrons. The zero-order valence-corrected chi connectivity index (χ0v) is 7.84. The first-order chi connectivity index (χ1) is 6.77. The van der Waals surface area contributed by atoms with E-state index in [0.29, 0.717) is 13.0 Å². The third-order valence-corrected chi connectivity index (χ3v) is 2.46. The van der Waals surface area contributed by atoms with Crippen LogP contribution < -0.4 is 0 Å². The summed E-state index contributed by atoms with van der Waals surface area (Å²) in [5, 5.41) is 19.0. The van der Waals surface area contributed by atoms with Gasteiger partial charge in [0.15, 0.2) is 0 Å². The number of aliphatic hydroxyl groups excluding tert-OH is 2. The summed E-state index contributed by atoms with van der Waals surface area (Å²) in [7, 11) is 0. The van der Waals surface area contributed by atoms with Crippen molar-refractivity contribution in [3.8, 4) is 0 Å². The second kappa shape index (κ2) is 4.09. The highest BCUT2D eigenvalue weighted by molar-refractivity contribution is 5.19. The topological polar surface area (TPSA) is 49.7 Å². The normalized spacial score (nSPS) is 32.9. The molecule has 0 bridgehead atoms. The maximum absolute atomic E-state index is 9.71. The van der Waals surface area contributed by atoms with Crippen molar-refractivity contribution in [1.29, 1.82) is 0 Å². The van der Waals surface area contributed by atoms with Gasteiger partial charge in [-0.15, -0.1) is 0 Å². The SMILES string of the molecule is OC1COC(c2ccccc2)C(O)C1. The van der Waals surface area contributed by atoms with Crippen LogP contribution in [0.4, 0.5) is 0 Å². The van der Waals surface area contributed by atoms with Crippen molar-refractivity contribution in [2.45, 2.75) is 24.7 Å². The summed E-state index contributed by atoms with van der Waals surface area (Å²) in [5.41, 5.74) is 0.965. The van der Waals surface area contributed by atoms with E-state index in [0.717, 1.165) is 5.56 Å². The van der Waals surface area contributed by atoms with E-state index < -0.39 is 12.2 Å². The molecule has 14 heavy (non-hydrogen) atoms. The summed E-state index contributed by atoms with van der Waals surface area (Å²) in [5.74, 6) is 0. The van der Waals surface area contributed by atoms with Gasteiger partial charge in [-0.05, 0) is 5.56 Å². The first-order valence-electron chi connectivity index (χ1n) is 4.80. The number of ether oxygens (including phenoxy) is 1. The monoisotopic (exact) mass is 194 g/mol. The standard InChI is InChI=1S/C11H14O3/c12-9-6-10(13)11(14-7-9)8-4-2-1-3-5-8/h1-5,9-13H,6-7H2. The Balaban J connectivity index is 2.12. The lowest BCUT2D eigenvalue weighted by Crippen LogP contribution is -2.35. The molecule has 1 saturated heterocycles. The predicted octanol–water partition coefficient (Wildman–Crippen LogP) is 0.870. The van der Waals surface area contributed by atoms with Gasteiger partial charge in [0.1, 0.15) is 6.10 Å².